The molecule has 2 unspecified atom stereocenters. The SMILES string of the molecule is CC1CCCC(C)N1NC(=O)CNC1CC1. The van der Waals surface area contributed by atoms with E-state index in [0.29, 0.717) is 24.7 Å². The fraction of sp³-hybridized carbons (Fsp3) is 0.917. The summed E-state index contributed by atoms with van der Waals surface area (Å²) in [5.74, 6) is 0.104. The number of nitrogens with zero attached hydrogens (tertiary/aromatic N) is 1. The lowest BCUT2D eigenvalue weighted by Gasteiger charge is -2.38. The van der Waals surface area contributed by atoms with Crippen molar-refractivity contribution in [3.63, 3.8) is 0 Å². The van der Waals surface area contributed by atoms with Gasteiger partial charge in [0, 0.05) is 18.1 Å². The van der Waals surface area contributed by atoms with Gasteiger partial charge < -0.3 is 5.32 Å². The summed E-state index contributed by atoms with van der Waals surface area (Å²) < 4.78 is 0. The molecule has 4 heteroatoms. The Bertz CT molecular complexity index is 243. The second-order valence-electron chi connectivity index (χ2n) is 5.23. The largest absolute Gasteiger partial charge is 0.306 e. The van der Waals surface area contributed by atoms with Gasteiger partial charge in [-0.1, -0.05) is 6.42 Å². The zero-order valence-electron chi connectivity index (χ0n) is 10.3. The molecule has 2 aliphatic rings. The van der Waals surface area contributed by atoms with Crippen molar-refractivity contribution in [2.24, 2.45) is 0 Å². The van der Waals surface area contributed by atoms with Crippen molar-refractivity contribution in [2.45, 2.75) is 64.1 Å². The van der Waals surface area contributed by atoms with Gasteiger partial charge in [-0.3, -0.25) is 10.2 Å². The van der Waals surface area contributed by atoms with Crippen LogP contribution in [0.2, 0.25) is 0 Å². The monoisotopic (exact) mass is 225 g/mol. The van der Waals surface area contributed by atoms with E-state index >= 15 is 0 Å². The molecule has 2 rings (SSSR count). The lowest BCUT2D eigenvalue weighted by atomic mass is 10.00. The third kappa shape index (κ3) is 3.19. The normalized spacial score (nSPS) is 31.4. The molecule has 1 heterocycles. The van der Waals surface area contributed by atoms with Crippen molar-refractivity contribution in [1.29, 1.82) is 0 Å². The molecule has 0 spiro atoms. The quantitative estimate of drug-likeness (QED) is 0.751. The van der Waals surface area contributed by atoms with Crippen LogP contribution in [0, 0.1) is 0 Å². The van der Waals surface area contributed by atoms with Crippen molar-refractivity contribution < 1.29 is 4.79 Å². The van der Waals surface area contributed by atoms with Crippen LogP contribution in [0.25, 0.3) is 0 Å². The number of piperidine rings is 1. The predicted octanol–water partition coefficient (Wildman–Crippen LogP) is 1.03. The highest BCUT2D eigenvalue weighted by Crippen LogP contribution is 2.20. The van der Waals surface area contributed by atoms with E-state index < -0.39 is 0 Å². The van der Waals surface area contributed by atoms with Crippen LogP contribution in [0.1, 0.15) is 46.0 Å². The molecule has 1 aliphatic heterocycles. The standard InChI is InChI=1S/C12H23N3O/c1-9-4-3-5-10(2)15(9)14-12(16)8-13-11-6-7-11/h9-11,13H,3-8H2,1-2H3,(H,14,16). The van der Waals surface area contributed by atoms with E-state index in [9.17, 15) is 4.79 Å². The molecular weight excluding hydrogens is 202 g/mol. The second-order valence-corrected chi connectivity index (χ2v) is 5.23. The highest BCUT2D eigenvalue weighted by atomic mass is 16.2. The average molecular weight is 225 g/mol. The van der Waals surface area contributed by atoms with Crippen molar-refractivity contribution >= 4 is 5.91 Å². The summed E-state index contributed by atoms with van der Waals surface area (Å²) in [5.41, 5.74) is 3.03. The van der Waals surface area contributed by atoms with Gasteiger partial charge >= 0.3 is 0 Å². The van der Waals surface area contributed by atoms with Crippen LogP contribution in [-0.2, 0) is 4.79 Å². The van der Waals surface area contributed by atoms with Crippen LogP contribution in [0.5, 0.6) is 0 Å². The Morgan fingerprint density at radius 3 is 2.38 bits per heavy atom. The zero-order chi connectivity index (χ0) is 11.5. The molecule has 0 bridgehead atoms. The maximum Gasteiger partial charge on any atom is 0.248 e. The maximum atomic E-state index is 11.7. The molecule has 2 fully saturated rings. The minimum absolute atomic E-state index is 0.104. The summed E-state index contributed by atoms with van der Waals surface area (Å²) in [5, 5.41) is 5.36. The molecule has 0 aromatic rings. The lowest BCUT2D eigenvalue weighted by molar-refractivity contribution is -0.128. The van der Waals surface area contributed by atoms with Gasteiger partial charge in [0.25, 0.3) is 0 Å². The fourth-order valence-corrected chi connectivity index (χ4v) is 2.35. The minimum Gasteiger partial charge on any atom is -0.306 e. The zero-order valence-corrected chi connectivity index (χ0v) is 10.3. The first-order valence-electron chi connectivity index (χ1n) is 6.48. The van der Waals surface area contributed by atoms with Crippen molar-refractivity contribution in [1.82, 2.24) is 15.8 Å². The van der Waals surface area contributed by atoms with Gasteiger partial charge in [-0.25, -0.2) is 5.01 Å². The van der Waals surface area contributed by atoms with Crippen LogP contribution < -0.4 is 10.7 Å². The van der Waals surface area contributed by atoms with Crippen molar-refractivity contribution in [2.75, 3.05) is 6.54 Å². The van der Waals surface area contributed by atoms with E-state index in [0.717, 1.165) is 0 Å². The molecule has 1 aliphatic carbocycles. The number of carbonyl (C=O) groups is 1. The topological polar surface area (TPSA) is 44.4 Å². The van der Waals surface area contributed by atoms with E-state index in [1.165, 1.54) is 32.1 Å². The first-order valence-corrected chi connectivity index (χ1v) is 6.48. The molecule has 2 N–H and O–H groups in total. The number of rotatable bonds is 4. The van der Waals surface area contributed by atoms with E-state index in [1.807, 2.05) is 0 Å². The Morgan fingerprint density at radius 1 is 1.19 bits per heavy atom. The molecular formula is C12H23N3O. The molecule has 1 saturated heterocycles. The van der Waals surface area contributed by atoms with Crippen LogP contribution >= 0.6 is 0 Å². The molecule has 16 heavy (non-hydrogen) atoms. The smallest absolute Gasteiger partial charge is 0.248 e. The molecule has 0 aromatic carbocycles. The highest BCUT2D eigenvalue weighted by molar-refractivity contribution is 5.77. The van der Waals surface area contributed by atoms with Gasteiger partial charge in [0.1, 0.15) is 0 Å². The Hall–Kier alpha value is -0.610. The predicted molar refractivity (Wildman–Crippen MR) is 63.8 cm³/mol. The van der Waals surface area contributed by atoms with E-state index in [-0.39, 0.29) is 5.91 Å². The summed E-state index contributed by atoms with van der Waals surface area (Å²) in [6.45, 7) is 4.83. The number of hydrogen-bond acceptors (Lipinski definition) is 3. The van der Waals surface area contributed by atoms with E-state index in [1.54, 1.807) is 0 Å². The molecule has 0 radical (unpaired) electrons. The third-order valence-electron chi connectivity index (χ3n) is 3.58. The van der Waals surface area contributed by atoms with Crippen molar-refractivity contribution in [3.8, 4) is 0 Å². The third-order valence-corrected chi connectivity index (χ3v) is 3.58. The van der Waals surface area contributed by atoms with Gasteiger partial charge in [0.2, 0.25) is 5.91 Å². The van der Waals surface area contributed by atoms with Crippen LogP contribution in [-0.4, -0.2) is 35.6 Å². The fourth-order valence-electron chi connectivity index (χ4n) is 2.35. The van der Waals surface area contributed by atoms with E-state index in [2.05, 4.69) is 29.6 Å². The summed E-state index contributed by atoms with van der Waals surface area (Å²) in [4.78, 5) is 11.7. The number of amides is 1. The molecule has 92 valence electrons. The maximum absolute atomic E-state index is 11.7. The van der Waals surface area contributed by atoms with Crippen LogP contribution in [0.3, 0.4) is 0 Å². The average Bonchev–Trinajstić information content (AvgIpc) is 3.04. The highest BCUT2D eigenvalue weighted by Gasteiger charge is 2.27. The summed E-state index contributed by atoms with van der Waals surface area (Å²) in [6, 6.07) is 1.53. The van der Waals surface area contributed by atoms with Gasteiger partial charge in [0.05, 0.1) is 6.54 Å². The first-order chi connectivity index (χ1) is 7.66. The van der Waals surface area contributed by atoms with Gasteiger partial charge in [-0.05, 0) is 39.5 Å². The Morgan fingerprint density at radius 2 is 1.81 bits per heavy atom. The van der Waals surface area contributed by atoms with Gasteiger partial charge in [-0.15, -0.1) is 0 Å². The van der Waals surface area contributed by atoms with E-state index in [4.69, 9.17) is 0 Å². The Balaban J connectivity index is 1.74. The number of hydrogen-bond donors (Lipinski definition) is 2. The first kappa shape index (κ1) is 11.9. The number of carbonyl (C=O) groups excluding carboxylic acids is 1. The summed E-state index contributed by atoms with van der Waals surface area (Å²) >= 11 is 0. The molecule has 2 atom stereocenters. The lowest BCUT2D eigenvalue weighted by Crippen LogP contribution is -2.55. The van der Waals surface area contributed by atoms with Crippen LogP contribution in [0.4, 0.5) is 0 Å². The van der Waals surface area contributed by atoms with Crippen LogP contribution in [0.15, 0.2) is 0 Å². The Labute approximate surface area is 97.7 Å². The van der Waals surface area contributed by atoms with Gasteiger partial charge in [0.15, 0.2) is 0 Å². The summed E-state index contributed by atoms with van der Waals surface area (Å²) in [6.07, 6.45) is 6.09. The molecule has 0 aromatic heterocycles. The van der Waals surface area contributed by atoms with Gasteiger partial charge in [-0.2, -0.15) is 0 Å². The number of nitrogens with one attached hydrogen (secondary N) is 2. The molecule has 4 nitrogen and oxygen atoms in total. The van der Waals surface area contributed by atoms with Crippen molar-refractivity contribution in [3.05, 3.63) is 0 Å². The second kappa shape index (κ2) is 5.15. The molecule has 1 saturated carbocycles. The molecule has 1 amide bonds. The number of hydrazine groups is 1. The Kier molecular flexibility index (Phi) is 3.82. The minimum atomic E-state index is 0.104. The summed E-state index contributed by atoms with van der Waals surface area (Å²) in [7, 11) is 0.